The molecule has 0 aliphatic heterocycles. The van der Waals surface area contributed by atoms with E-state index in [1.54, 1.807) is 0 Å². The zero-order valence-corrected chi connectivity index (χ0v) is 12.9. The molecule has 0 rings (SSSR count). The highest BCUT2D eigenvalue weighted by Gasteiger charge is 2.00. The van der Waals surface area contributed by atoms with Crippen LogP contribution in [0.4, 0.5) is 0 Å². The minimum atomic E-state index is -0.0893. The Bertz CT molecular complexity index is 291. The van der Waals surface area contributed by atoms with Crippen molar-refractivity contribution in [2.75, 3.05) is 26.2 Å². The number of ether oxygens (including phenoxy) is 1. The van der Waals surface area contributed by atoms with Crippen molar-refractivity contribution in [1.82, 2.24) is 10.6 Å². The zero-order chi connectivity index (χ0) is 15.1. The Balaban J connectivity index is 3.60. The molecular weight excluding hydrogens is 254 g/mol. The maximum atomic E-state index is 11.1. The molecule has 0 bridgehead atoms. The van der Waals surface area contributed by atoms with Gasteiger partial charge in [0.1, 0.15) is 0 Å². The Morgan fingerprint density at radius 1 is 1.20 bits per heavy atom. The summed E-state index contributed by atoms with van der Waals surface area (Å²) in [6.07, 6.45) is 6.41. The van der Waals surface area contributed by atoms with Crippen LogP contribution >= 0.6 is 0 Å². The highest BCUT2D eigenvalue weighted by molar-refractivity contribution is 5.79. The van der Waals surface area contributed by atoms with Gasteiger partial charge in [-0.3, -0.25) is 9.79 Å². The van der Waals surface area contributed by atoms with Crippen molar-refractivity contribution in [3.05, 3.63) is 12.7 Å². The lowest BCUT2D eigenvalue weighted by Gasteiger charge is -2.09. The lowest BCUT2D eigenvalue weighted by Crippen LogP contribution is -2.37. The number of guanidine groups is 1. The van der Waals surface area contributed by atoms with Crippen molar-refractivity contribution < 1.29 is 9.53 Å². The molecule has 0 atom stereocenters. The number of esters is 1. The highest BCUT2D eigenvalue weighted by Crippen LogP contribution is 2.04. The van der Waals surface area contributed by atoms with Crippen LogP contribution in [0, 0.1) is 0 Å². The van der Waals surface area contributed by atoms with E-state index in [2.05, 4.69) is 22.2 Å². The van der Waals surface area contributed by atoms with Crippen molar-refractivity contribution in [3.63, 3.8) is 0 Å². The number of nitrogens with zero attached hydrogens (tertiary/aromatic N) is 1. The number of hydrogen-bond donors (Lipinski definition) is 2. The average Bonchev–Trinajstić information content (AvgIpc) is 2.43. The first kappa shape index (κ1) is 18.5. The molecule has 0 unspecified atom stereocenters. The lowest BCUT2D eigenvalue weighted by molar-refractivity contribution is -0.143. The molecule has 0 amide bonds. The van der Waals surface area contributed by atoms with Gasteiger partial charge in [-0.25, -0.2) is 0 Å². The molecule has 0 aliphatic carbocycles. The van der Waals surface area contributed by atoms with Crippen molar-refractivity contribution in [2.24, 2.45) is 4.99 Å². The first-order chi connectivity index (χ1) is 9.74. The minimum absolute atomic E-state index is 0.0893. The summed E-state index contributed by atoms with van der Waals surface area (Å²) in [5.41, 5.74) is 0. The van der Waals surface area contributed by atoms with Crippen LogP contribution in [0.1, 0.15) is 46.0 Å². The summed E-state index contributed by atoms with van der Waals surface area (Å²) in [6.45, 7) is 10.4. The first-order valence-corrected chi connectivity index (χ1v) is 7.53. The molecule has 0 saturated carbocycles. The Morgan fingerprint density at radius 2 is 1.95 bits per heavy atom. The van der Waals surface area contributed by atoms with Gasteiger partial charge < -0.3 is 15.4 Å². The van der Waals surface area contributed by atoms with Crippen LogP contribution in [0.2, 0.25) is 0 Å². The van der Waals surface area contributed by atoms with Gasteiger partial charge in [-0.1, -0.05) is 18.9 Å². The molecule has 0 spiro atoms. The summed E-state index contributed by atoms with van der Waals surface area (Å²) in [5, 5.41) is 6.34. The second-order valence-electron chi connectivity index (χ2n) is 4.40. The molecule has 0 aromatic carbocycles. The van der Waals surface area contributed by atoms with Crippen molar-refractivity contribution in [3.8, 4) is 0 Å². The van der Waals surface area contributed by atoms with E-state index >= 15 is 0 Å². The summed E-state index contributed by atoms with van der Waals surface area (Å²) in [6, 6.07) is 0. The van der Waals surface area contributed by atoms with E-state index in [9.17, 15) is 4.79 Å². The molecule has 0 saturated heterocycles. The molecule has 2 N–H and O–H groups in total. The smallest absolute Gasteiger partial charge is 0.305 e. The predicted octanol–water partition coefficient (Wildman–Crippen LogP) is 2.24. The molecule has 20 heavy (non-hydrogen) atoms. The topological polar surface area (TPSA) is 62.7 Å². The number of hydrogen-bond acceptors (Lipinski definition) is 3. The van der Waals surface area contributed by atoms with Crippen LogP contribution in [-0.2, 0) is 9.53 Å². The molecule has 0 aromatic rings. The SMILES string of the molecule is C=CCNC(=NCCCCCCC(=O)OCC)NCC. The van der Waals surface area contributed by atoms with Crippen LogP contribution < -0.4 is 10.6 Å². The molecular formula is C15H29N3O2. The number of rotatable bonds is 11. The predicted molar refractivity (Wildman–Crippen MR) is 83.9 cm³/mol. The normalized spacial score (nSPS) is 11.0. The van der Waals surface area contributed by atoms with E-state index in [1.807, 2.05) is 19.9 Å². The minimum Gasteiger partial charge on any atom is -0.466 e. The van der Waals surface area contributed by atoms with Gasteiger partial charge in [0.25, 0.3) is 0 Å². The molecule has 0 aliphatic rings. The summed E-state index contributed by atoms with van der Waals surface area (Å²) in [4.78, 5) is 15.6. The number of nitrogens with one attached hydrogen (secondary N) is 2. The summed E-state index contributed by atoms with van der Waals surface area (Å²) < 4.78 is 4.88. The van der Waals surface area contributed by atoms with Crippen molar-refractivity contribution in [2.45, 2.75) is 46.0 Å². The summed E-state index contributed by atoms with van der Waals surface area (Å²) in [5.74, 6) is 0.743. The maximum absolute atomic E-state index is 11.1. The van der Waals surface area contributed by atoms with E-state index in [-0.39, 0.29) is 5.97 Å². The Labute approximate surface area is 122 Å². The van der Waals surface area contributed by atoms with Crippen molar-refractivity contribution >= 4 is 11.9 Å². The lowest BCUT2D eigenvalue weighted by atomic mass is 10.1. The van der Waals surface area contributed by atoms with Gasteiger partial charge in [-0.05, 0) is 26.7 Å². The highest BCUT2D eigenvalue weighted by atomic mass is 16.5. The van der Waals surface area contributed by atoms with Gasteiger partial charge in [0.05, 0.1) is 6.61 Å². The number of carbonyl (C=O) groups excluding carboxylic acids is 1. The van der Waals surface area contributed by atoms with E-state index in [1.165, 1.54) is 0 Å². The molecule has 0 radical (unpaired) electrons. The largest absolute Gasteiger partial charge is 0.466 e. The van der Waals surface area contributed by atoms with E-state index in [4.69, 9.17) is 4.74 Å². The third-order valence-corrected chi connectivity index (χ3v) is 2.62. The van der Waals surface area contributed by atoms with Crippen LogP contribution in [0.5, 0.6) is 0 Å². The average molecular weight is 283 g/mol. The van der Waals surface area contributed by atoms with E-state index in [0.29, 0.717) is 19.6 Å². The fourth-order valence-corrected chi connectivity index (χ4v) is 1.67. The first-order valence-electron chi connectivity index (χ1n) is 7.53. The van der Waals surface area contributed by atoms with Gasteiger partial charge in [0.2, 0.25) is 0 Å². The molecule has 0 heterocycles. The van der Waals surface area contributed by atoms with Gasteiger partial charge >= 0.3 is 5.97 Å². The van der Waals surface area contributed by atoms with E-state index in [0.717, 1.165) is 44.7 Å². The molecule has 116 valence electrons. The second kappa shape index (κ2) is 13.9. The van der Waals surface area contributed by atoms with Crippen LogP contribution in [0.15, 0.2) is 17.6 Å². The van der Waals surface area contributed by atoms with Gasteiger partial charge in [0, 0.05) is 26.1 Å². The van der Waals surface area contributed by atoms with Gasteiger partial charge in [-0.2, -0.15) is 0 Å². The van der Waals surface area contributed by atoms with Crippen LogP contribution in [-0.4, -0.2) is 38.2 Å². The monoisotopic (exact) mass is 283 g/mol. The van der Waals surface area contributed by atoms with Gasteiger partial charge in [-0.15, -0.1) is 6.58 Å². The molecule has 0 fully saturated rings. The third-order valence-electron chi connectivity index (χ3n) is 2.62. The zero-order valence-electron chi connectivity index (χ0n) is 12.9. The fourth-order valence-electron chi connectivity index (χ4n) is 1.67. The van der Waals surface area contributed by atoms with Crippen LogP contribution in [0.25, 0.3) is 0 Å². The number of unbranched alkanes of at least 4 members (excludes halogenated alkanes) is 3. The quantitative estimate of drug-likeness (QED) is 0.201. The summed E-state index contributed by atoms with van der Waals surface area (Å²) in [7, 11) is 0. The molecule has 0 aromatic heterocycles. The molecule has 5 heteroatoms. The second-order valence-corrected chi connectivity index (χ2v) is 4.40. The third kappa shape index (κ3) is 11.6. The Hall–Kier alpha value is -1.52. The van der Waals surface area contributed by atoms with Crippen LogP contribution in [0.3, 0.4) is 0 Å². The number of aliphatic imine (C=N–C) groups is 1. The Morgan fingerprint density at radius 3 is 2.60 bits per heavy atom. The molecule has 5 nitrogen and oxygen atoms in total. The maximum Gasteiger partial charge on any atom is 0.305 e. The van der Waals surface area contributed by atoms with E-state index < -0.39 is 0 Å². The van der Waals surface area contributed by atoms with Crippen molar-refractivity contribution in [1.29, 1.82) is 0 Å². The fraction of sp³-hybridized carbons (Fsp3) is 0.733. The van der Waals surface area contributed by atoms with Gasteiger partial charge in [0.15, 0.2) is 5.96 Å². The number of carbonyl (C=O) groups is 1. The standard InChI is InChI=1S/C15H29N3O2/c1-4-12-17-15(16-5-2)18-13-10-8-7-9-11-14(19)20-6-3/h4H,1,5-13H2,2-3H3,(H2,16,17,18). The summed E-state index contributed by atoms with van der Waals surface area (Å²) >= 11 is 0. The Kier molecular flexibility index (Phi) is 12.8.